The number of nitrogens with zero attached hydrogens (tertiary/aromatic N) is 3. The standard InChI is InChI=1S/C32H39N3O9/c1-6-7-34-20-11-19-10-17(2)27(40-5)29(42-15-41-9-8-39-4)24(19)26(34)21-12-32(38)25(23(14-36)35(21)22(20)13-33)30-28(43-16-44-30)18(3)31(32)37/h6,10,20-23,26,36,38H,1,7-9,11-12,14-16H2,2-5H3/t20-,21-,22-,23-,26-,32?/m0/s1. The number of aliphatic hydroxyl groups excluding tert-OH is 1. The van der Waals surface area contributed by atoms with Crippen molar-refractivity contribution < 1.29 is 43.4 Å². The van der Waals surface area contributed by atoms with Crippen molar-refractivity contribution in [2.75, 3.05) is 54.2 Å². The Morgan fingerprint density at radius 1 is 1.20 bits per heavy atom. The molecule has 4 aliphatic heterocycles. The number of hydrogen-bond acceptors (Lipinski definition) is 12. The van der Waals surface area contributed by atoms with Gasteiger partial charge in [0, 0.05) is 48.9 Å². The summed E-state index contributed by atoms with van der Waals surface area (Å²) in [6.45, 7) is 8.15. The Morgan fingerprint density at radius 3 is 2.66 bits per heavy atom. The zero-order valence-corrected chi connectivity index (χ0v) is 25.5. The molecule has 12 nitrogen and oxygen atoms in total. The number of aryl methyl sites for hydroxylation is 1. The second-order valence-electron chi connectivity index (χ2n) is 11.8. The number of benzene rings is 1. The highest BCUT2D eigenvalue weighted by Crippen LogP contribution is 2.57. The number of ketones is 1. The third kappa shape index (κ3) is 4.37. The number of Topliss-reactive ketones (excluding diaryl/α,β-unsaturated/α-hetero) is 1. The lowest BCUT2D eigenvalue weighted by atomic mass is 9.64. The van der Waals surface area contributed by atoms with Crippen LogP contribution in [0.25, 0.3) is 0 Å². The van der Waals surface area contributed by atoms with Crippen LogP contribution in [-0.2, 0) is 30.2 Å². The van der Waals surface area contributed by atoms with Crippen molar-refractivity contribution in [3.05, 3.63) is 58.1 Å². The van der Waals surface area contributed by atoms with Crippen molar-refractivity contribution in [1.82, 2.24) is 9.80 Å². The van der Waals surface area contributed by atoms with Gasteiger partial charge in [0.1, 0.15) is 6.04 Å². The molecule has 1 aliphatic carbocycles. The van der Waals surface area contributed by atoms with Crippen LogP contribution < -0.4 is 9.47 Å². The lowest BCUT2D eigenvalue weighted by Crippen LogP contribution is -2.74. The Labute approximate surface area is 256 Å². The van der Waals surface area contributed by atoms with E-state index in [9.17, 15) is 20.3 Å². The number of methoxy groups -OCH3 is 2. The van der Waals surface area contributed by atoms with Crippen LogP contribution >= 0.6 is 0 Å². The zero-order valence-electron chi connectivity index (χ0n) is 25.5. The molecule has 0 saturated carbocycles. The van der Waals surface area contributed by atoms with E-state index in [1.165, 1.54) is 0 Å². The number of rotatable bonds is 10. The van der Waals surface area contributed by atoms with Crippen LogP contribution in [0.4, 0.5) is 0 Å². The summed E-state index contributed by atoms with van der Waals surface area (Å²) in [6, 6.07) is 1.68. The fourth-order valence-corrected chi connectivity index (χ4v) is 7.97. The van der Waals surface area contributed by atoms with Crippen LogP contribution in [-0.4, -0.2) is 110 Å². The highest BCUT2D eigenvalue weighted by Gasteiger charge is 2.64. The Bertz CT molecular complexity index is 1470. The van der Waals surface area contributed by atoms with Gasteiger partial charge in [-0.1, -0.05) is 12.1 Å². The lowest BCUT2D eigenvalue weighted by Gasteiger charge is -2.62. The van der Waals surface area contributed by atoms with Gasteiger partial charge in [-0.3, -0.25) is 14.6 Å². The maximum absolute atomic E-state index is 13.9. The highest BCUT2D eigenvalue weighted by molar-refractivity contribution is 6.06. The molecule has 3 fully saturated rings. The van der Waals surface area contributed by atoms with Crippen LogP contribution in [0.15, 0.2) is 41.4 Å². The molecular weight excluding hydrogens is 570 g/mol. The molecule has 0 radical (unpaired) electrons. The van der Waals surface area contributed by atoms with Crippen LogP contribution in [0.5, 0.6) is 11.5 Å². The van der Waals surface area contributed by atoms with E-state index in [-0.39, 0.29) is 48.7 Å². The van der Waals surface area contributed by atoms with Crippen molar-refractivity contribution in [3.63, 3.8) is 0 Å². The minimum Gasteiger partial charge on any atom is -0.493 e. The van der Waals surface area contributed by atoms with Gasteiger partial charge in [-0.15, -0.1) is 6.58 Å². The van der Waals surface area contributed by atoms with E-state index in [2.05, 4.69) is 23.6 Å². The summed E-state index contributed by atoms with van der Waals surface area (Å²) in [5.41, 5.74) is 1.23. The number of carbonyl (C=O) groups excluding carboxylic acids is 1. The van der Waals surface area contributed by atoms with Gasteiger partial charge in [0.15, 0.2) is 41.2 Å². The van der Waals surface area contributed by atoms with E-state index in [1.807, 2.05) is 11.8 Å². The maximum atomic E-state index is 13.9. The normalized spacial score (nSPS) is 30.8. The van der Waals surface area contributed by atoms with Gasteiger partial charge in [0.05, 0.1) is 45.1 Å². The smallest absolute Gasteiger partial charge is 0.231 e. The number of hydrogen-bond donors (Lipinski definition) is 2. The van der Waals surface area contributed by atoms with Gasteiger partial charge >= 0.3 is 0 Å². The summed E-state index contributed by atoms with van der Waals surface area (Å²) in [4.78, 5) is 18.1. The predicted octanol–water partition coefficient (Wildman–Crippen LogP) is 1.64. The number of piperidine rings is 1. The Hall–Kier alpha value is -3.44. The average molecular weight is 610 g/mol. The van der Waals surface area contributed by atoms with Gasteiger partial charge < -0.3 is 38.6 Å². The first kappa shape index (κ1) is 30.6. The first-order valence-electron chi connectivity index (χ1n) is 14.8. The molecule has 0 aromatic heterocycles. The van der Waals surface area contributed by atoms with Crippen molar-refractivity contribution in [3.8, 4) is 17.6 Å². The molecule has 0 amide bonds. The fraction of sp³-hybridized carbons (Fsp3) is 0.562. The quantitative estimate of drug-likeness (QED) is 0.226. The van der Waals surface area contributed by atoms with Crippen molar-refractivity contribution >= 4 is 5.78 Å². The summed E-state index contributed by atoms with van der Waals surface area (Å²) < 4.78 is 34.4. The molecule has 0 spiro atoms. The van der Waals surface area contributed by atoms with Gasteiger partial charge in [-0.05, 0) is 31.4 Å². The van der Waals surface area contributed by atoms with E-state index in [4.69, 9.17) is 28.4 Å². The highest BCUT2D eigenvalue weighted by atomic mass is 16.7. The topological polar surface area (TPSA) is 143 Å². The SMILES string of the molecule is C=CCN1[C@@H]2c3c(cc(C)c(OC)c3OCOCCOC)C[C@H]1[C@H](C#N)N1[C@@H](CO)C3=C4OCOC4=C(C)C(=O)C3(O)C[C@@H]21. The molecular formula is C32H39N3O9. The number of carbonyl (C=O) groups is 1. The second-order valence-corrected chi connectivity index (χ2v) is 11.8. The van der Waals surface area contributed by atoms with Crippen molar-refractivity contribution in [2.45, 2.75) is 62.5 Å². The Balaban J connectivity index is 1.55. The molecule has 6 atom stereocenters. The van der Waals surface area contributed by atoms with Crippen LogP contribution in [0, 0.1) is 18.3 Å². The minimum atomic E-state index is -1.98. The predicted molar refractivity (Wildman–Crippen MR) is 155 cm³/mol. The van der Waals surface area contributed by atoms with Crippen LogP contribution in [0.2, 0.25) is 0 Å². The first-order valence-corrected chi connectivity index (χ1v) is 14.8. The summed E-state index contributed by atoms with van der Waals surface area (Å²) in [7, 11) is 3.18. The van der Waals surface area contributed by atoms with E-state index in [0.717, 1.165) is 16.7 Å². The zero-order chi connectivity index (χ0) is 31.3. The van der Waals surface area contributed by atoms with Gasteiger partial charge in [-0.2, -0.15) is 5.26 Å². The molecule has 3 saturated heterocycles. The Morgan fingerprint density at radius 2 is 1.98 bits per heavy atom. The number of aliphatic hydroxyl groups is 2. The Kier molecular flexibility index (Phi) is 8.21. The molecule has 2 N–H and O–H groups in total. The molecule has 12 heteroatoms. The molecule has 236 valence electrons. The van der Waals surface area contributed by atoms with E-state index in [1.54, 1.807) is 27.2 Å². The molecule has 44 heavy (non-hydrogen) atoms. The summed E-state index contributed by atoms with van der Waals surface area (Å²) >= 11 is 0. The maximum Gasteiger partial charge on any atom is 0.231 e. The molecule has 1 unspecified atom stereocenters. The number of piperazine rings is 1. The van der Waals surface area contributed by atoms with Crippen LogP contribution in [0.3, 0.4) is 0 Å². The number of nitriles is 1. The molecule has 5 aliphatic rings. The van der Waals surface area contributed by atoms with E-state index < -0.39 is 42.2 Å². The first-order chi connectivity index (χ1) is 21.3. The molecule has 1 aromatic carbocycles. The third-order valence-corrected chi connectivity index (χ3v) is 9.61. The molecule has 4 heterocycles. The monoisotopic (exact) mass is 609 g/mol. The number of ether oxygens (including phenoxy) is 6. The fourth-order valence-electron chi connectivity index (χ4n) is 7.97. The molecule has 6 rings (SSSR count). The van der Waals surface area contributed by atoms with Gasteiger partial charge in [0.25, 0.3) is 0 Å². The van der Waals surface area contributed by atoms with E-state index in [0.29, 0.717) is 37.7 Å². The molecule has 1 aromatic rings. The average Bonchev–Trinajstić information content (AvgIpc) is 3.49. The summed E-state index contributed by atoms with van der Waals surface area (Å²) in [5.74, 6) is 1.11. The summed E-state index contributed by atoms with van der Waals surface area (Å²) in [5, 5.41) is 34.0. The van der Waals surface area contributed by atoms with Gasteiger partial charge in [0.2, 0.25) is 6.79 Å². The molecule has 2 bridgehead atoms. The van der Waals surface area contributed by atoms with E-state index >= 15 is 0 Å². The number of fused-ring (bicyclic) bond motifs is 8. The van der Waals surface area contributed by atoms with Crippen molar-refractivity contribution in [2.24, 2.45) is 0 Å². The lowest BCUT2D eigenvalue weighted by molar-refractivity contribution is -0.151. The van der Waals surface area contributed by atoms with Crippen LogP contribution in [0.1, 0.15) is 36.1 Å². The summed E-state index contributed by atoms with van der Waals surface area (Å²) in [6.07, 6.45) is 2.26. The minimum absolute atomic E-state index is 0.0439. The second kappa shape index (κ2) is 11.8. The van der Waals surface area contributed by atoms with Crippen molar-refractivity contribution in [1.29, 1.82) is 5.26 Å². The third-order valence-electron chi connectivity index (χ3n) is 9.61. The largest absolute Gasteiger partial charge is 0.493 e. The van der Waals surface area contributed by atoms with Gasteiger partial charge in [-0.25, -0.2) is 0 Å².